The fourth-order valence-corrected chi connectivity index (χ4v) is 1.55. The van der Waals surface area contributed by atoms with Gasteiger partial charge in [-0.05, 0) is 12.8 Å². The number of amides is 1. The van der Waals surface area contributed by atoms with Crippen LogP contribution in [0, 0.1) is 0 Å². The normalized spacial score (nSPS) is 18.6. The summed E-state index contributed by atoms with van der Waals surface area (Å²) < 4.78 is 5.20. The molecule has 1 N–H and O–H groups in total. The van der Waals surface area contributed by atoms with E-state index >= 15 is 0 Å². The largest absolute Gasteiger partial charge is 0.396 e. The van der Waals surface area contributed by atoms with E-state index in [0.29, 0.717) is 6.04 Å². The van der Waals surface area contributed by atoms with Gasteiger partial charge in [0.05, 0.1) is 6.61 Å². The van der Waals surface area contributed by atoms with E-state index in [4.69, 9.17) is 9.84 Å². The topological polar surface area (TPSA) is 49.8 Å². The fourth-order valence-electron chi connectivity index (χ4n) is 1.55. The molecule has 4 heteroatoms. The van der Waals surface area contributed by atoms with E-state index in [-0.39, 0.29) is 18.9 Å². The number of carbonyl (C=O) groups is 1. The summed E-state index contributed by atoms with van der Waals surface area (Å²) in [4.78, 5) is 13.1. The second kappa shape index (κ2) is 5.19. The molecule has 0 bridgehead atoms. The molecule has 0 aliphatic carbocycles. The number of aliphatic hydroxyl groups excluding tert-OH is 1. The lowest BCUT2D eigenvalue weighted by atomic mass is 10.1. The van der Waals surface area contributed by atoms with Crippen molar-refractivity contribution in [3.05, 3.63) is 0 Å². The molecule has 0 atom stereocenters. The molecule has 0 saturated carbocycles. The van der Waals surface area contributed by atoms with E-state index in [9.17, 15) is 4.79 Å². The standard InChI is InChI=1S/C9H17NO3/c1-10(9(12)2-5-11)8-3-6-13-7-4-8/h8,11H,2-7H2,1H3. The van der Waals surface area contributed by atoms with Crippen molar-refractivity contribution >= 4 is 5.91 Å². The van der Waals surface area contributed by atoms with Gasteiger partial charge < -0.3 is 14.7 Å². The molecule has 1 aliphatic rings. The molecule has 1 fully saturated rings. The second-order valence-electron chi connectivity index (χ2n) is 3.32. The Hall–Kier alpha value is -0.610. The van der Waals surface area contributed by atoms with Gasteiger partial charge in [-0.2, -0.15) is 0 Å². The molecular formula is C9H17NO3. The Bertz CT molecular complexity index is 166. The molecule has 1 amide bonds. The number of hydrogen-bond donors (Lipinski definition) is 1. The summed E-state index contributed by atoms with van der Waals surface area (Å²) in [5.41, 5.74) is 0. The zero-order valence-corrected chi connectivity index (χ0v) is 8.03. The average Bonchev–Trinajstić information content (AvgIpc) is 2.18. The predicted molar refractivity (Wildman–Crippen MR) is 48.3 cm³/mol. The van der Waals surface area contributed by atoms with Gasteiger partial charge in [0.1, 0.15) is 0 Å². The molecule has 1 rings (SSSR count). The summed E-state index contributed by atoms with van der Waals surface area (Å²) in [7, 11) is 1.80. The molecule has 0 aromatic heterocycles. The first-order valence-corrected chi connectivity index (χ1v) is 4.70. The number of aliphatic hydroxyl groups is 1. The molecule has 0 aromatic carbocycles. The molecule has 0 radical (unpaired) electrons. The van der Waals surface area contributed by atoms with E-state index in [1.807, 2.05) is 0 Å². The van der Waals surface area contributed by atoms with Crippen LogP contribution in [0.1, 0.15) is 19.3 Å². The van der Waals surface area contributed by atoms with Gasteiger partial charge in [-0.3, -0.25) is 4.79 Å². The minimum Gasteiger partial charge on any atom is -0.396 e. The highest BCUT2D eigenvalue weighted by Crippen LogP contribution is 2.13. The molecule has 1 saturated heterocycles. The highest BCUT2D eigenvalue weighted by atomic mass is 16.5. The van der Waals surface area contributed by atoms with Crippen LogP contribution in [-0.2, 0) is 9.53 Å². The van der Waals surface area contributed by atoms with Gasteiger partial charge in [0.2, 0.25) is 5.91 Å². The summed E-state index contributed by atoms with van der Waals surface area (Å²) in [6.07, 6.45) is 2.05. The quantitative estimate of drug-likeness (QED) is 0.677. The van der Waals surface area contributed by atoms with Crippen LogP contribution in [0.5, 0.6) is 0 Å². The van der Waals surface area contributed by atoms with Gasteiger partial charge in [0.25, 0.3) is 0 Å². The monoisotopic (exact) mass is 187 g/mol. The molecule has 13 heavy (non-hydrogen) atoms. The number of carbonyl (C=O) groups excluding carboxylic acids is 1. The van der Waals surface area contributed by atoms with Gasteiger partial charge in [-0.1, -0.05) is 0 Å². The molecular weight excluding hydrogens is 170 g/mol. The Kier molecular flexibility index (Phi) is 4.18. The van der Waals surface area contributed by atoms with Crippen LogP contribution in [0.2, 0.25) is 0 Å². The van der Waals surface area contributed by atoms with Crippen LogP contribution in [0.4, 0.5) is 0 Å². The number of ether oxygens (including phenoxy) is 1. The van der Waals surface area contributed by atoms with E-state index in [2.05, 4.69) is 0 Å². The molecule has 0 aromatic rings. The number of nitrogens with zero attached hydrogens (tertiary/aromatic N) is 1. The summed E-state index contributed by atoms with van der Waals surface area (Å²) in [6, 6.07) is 0.299. The average molecular weight is 187 g/mol. The van der Waals surface area contributed by atoms with Crippen molar-refractivity contribution in [2.24, 2.45) is 0 Å². The smallest absolute Gasteiger partial charge is 0.224 e. The minimum absolute atomic E-state index is 0.0226. The zero-order valence-electron chi connectivity index (χ0n) is 8.03. The van der Waals surface area contributed by atoms with Crippen molar-refractivity contribution in [3.8, 4) is 0 Å². The van der Waals surface area contributed by atoms with Crippen molar-refractivity contribution in [2.45, 2.75) is 25.3 Å². The van der Waals surface area contributed by atoms with Gasteiger partial charge >= 0.3 is 0 Å². The summed E-state index contributed by atoms with van der Waals surface area (Å²) >= 11 is 0. The first kappa shape index (κ1) is 10.5. The number of hydrogen-bond acceptors (Lipinski definition) is 3. The Balaban J connectivity index is 2.35. The maximum absolute atomic E-state index is 11.4. The summed E-state index contributed by atoms with van der Waals surface area (Å²) in [5.74, 6) is 0.0226. The lowest BCUT2D eigenvalue weighted by molar-refractivity contribution is -0.134. The van der Waals surface area contributed by atoms with Gasteiger partial charge in [0, 0.05) is 32.7 Å². The predicted octanol–water partition coefficient (Wildman–Crippen LogP) is 0.00620. The lowest BCUT2D eigenvalue weighted by Gasteiger charge is -2.31. The van der Waals surface area contributed by atoms with Crippen LogP contribution in [0.15, 0.2) is 0 Å². The Labute approximate surface area is 78.5 Å². The third kappa shape index (κ3) is 2.97. The third-order valence-corrected chi connectivity index (χ3v) is 2.46. The van der Waals surface area contributed by atoms with Gasteiger partial charge in [-0.25, -0.2) is 0 Å². The second-order valence-corrected chi connectivity index (χ2v) is 3.32. The molecule has 1 heterocycles. The van der Waals surface area contributed by atoms with Crippen molar-refractivity contribution in [1.82, 2.24) is 4.90 Å². The van der Waals surface area contributed by atoms with Crippen molar-refractivity contribution in [1.29, 1.82) is 0 Å². The van der Waals surface area contributed by atoms with Crippen LogP contribution in [-0.4, -0.2) is 48.8 Å². The first-order chi connectivity index (χ1) is 6.25. The SMILES string of the molecule is CN(C(=O)CCO)C1CCOCC1. The Morgan fingerprint density at radius 1 is 1.54 bits per heavy atom. The van der Waals surface area contributed by atoms with Crippen LogP contribution >= 0.6 is 0 Å². The van der Waals surface area contributed by atoms with E-state index in [1.54, 1.807) is 11.9 Å². The summed E-state index contributed by atoms with van der Waals surface area (Å²) in [5, 5.41) is 8.61. The van der Waals surface area contributed by atoms with Crippen molar-refractivity contribution in [3.63, 3.8) is 0 Å². The maximum Gasteiger partial charge on any atom is 0.224 e. The highest BCUT2D eigenvalue weighted by Gasteiger charge is 2.21. The van der Waals surface area contributed by atoms with Gasteiger partial charge in [-0.15, -0.1) is 0 Å². The molecule has 4 nitrogen and oxygen atoms in total. The van der Waals surface area contributed by atoms with Crippen LogP contribution < -0.4 is 0 Å². The van der Waals surface area contributed by atoms with Crippen molar-refractivity contribution in [2.75, 3.05) is 26.9 Å². The van der Waals surface area contributed by atoms with Crippen LogP contribution in [0.3, 0.4) is 0 Å². The third-order valence-electron chi connectivity index (χ3n) is 2.46. The lowest BCUT2D eigenvalue weighted by Crippen LogP contribution is -2.40. The van der Waals surface area contributed by atoms with E-state index in [1.165, 1.54) is 0 Å². The molecule has 76 valence electrons. The molecule has 0 spiro atoms. The fraction of sp³-hybridized carbons (Fsp3) is 0.889. The Morgan fingerprint density at radius 3 is 2.69 bits per heavy atom. The van der Waals surface area contributed by atoms with Crippen LogP contribution in [0.25, 0.3) is 0 Å². The molecule has 0 unspecified atom stereocenters. The van der Waals surface area contributed by atoms with Gasteiger partial charge in [0.15, 0.2) is 0 Å². The van der Waals surface area contributed by atoms with E-state index in [0.717, 1.165) is 26.1 Å². The zero-order chi connectivity index (χ0) is 9.68. The first-order valence-electron chi connectivity index (χ1n) is 4.70. The van der Waals surface area contributed by atoms with E-state index < -0.39 is 0 Å². The Morgan fingerprint density at radius 2 is 2.15 bits per heavy atom. The highest BCUT2D eigenvalue weighted by molar-refractivity contribution is 5.76. The molecule has 1 aliphatic heterocycles. The minimum atomic E-state index is -0.0631. The van der Waals surface area contributed by atoms with Crippen molar-refractivity contribution < 1.29 is 14.6 Å². The number of rotatable bonds is 3. The summed E-state index contributed by atoms with van der Waals surface area (Å²) in [6.45, 7) is 1.41. The maximum atomic E-state index is 11.4.